The Labute approximate surface area is 138 Å². The molecule has 6 nitrogen and oxygen atoms in total. The molecular formula is C14H20N3O3S2-. The summed E-state index contributed by atoms with van der Waals surface area (Å²) in [6.45, 7) is 1.92. The summed E-state index contributed by atoms with van der Waals surface area (Å²) in [6.07, 6.45) is -0.114. The molecule has 1 amide bonds. The van der Waals surface area contributed by atoms with Gasteiger partial charge in [-0.3, -0.25) is 9.00 Å². The van der Waals surface area contributed by atoms with Crippen LogP contribution >= 0.6 is 12.2 Å². The van der Waals surface area contributed by atoms with Gasteiger partial charge < -0.3 is 14.8 Å². The van der Waals surface area contributed by atoms with Crippen molar-refractivity contribution in [2.45, 2.75) is 18.9 Å². The highest BCUT2D eigenvalue weighted by Crippen LogP contribution is 2.28. The quantitative estimate of drug-likeness (QED) is 0.584. The molecule has 1 aromatic rings. The monoisotopic (exact) mass is 342 g/mol. The summed E-state index contributed by atoms with van der Waals surface area (Å²) in [4.78, 5) is 13.8. The number of carbonyl (C=O) groups excluding carboxylic acids is 1. The lowest BCUT2D eigenvalue weighted by Crippen LogP contribution is -2.55. The van der Waals surface area contributed by atoms with E-state index in [9.17, 15) is 13.6 Å². The predicted molar refractivity (Wildman–Crippen MR) is 89.9 cm³/mol. The van der Waals surface area contributed by atoms with E-state index < -0.39 is 16.8 Å². The van der Waals surface area contributed by atoms with Crippen molar-refractivity contribution in [1.82, 2.24) is 14.9 Å². The van der Waals surface area contributed by atoms with Gasteiger partial charge in [-0.25, -0.2) is 4.72 Å². The van der Waals surface area contributed by atoms with Gasteiger partial charge in [-0.2, -0.15) is 0 Å². The van der Waals surface area contributed by atoms with Gasteiger partial charge in [0.05, 0.1) is 6.42 Å². The third-order valence-electron chi connectivity index (χ3n) is 3.33. The van der Waals surface area contributed by atoms with Crippen LogP contribution in [0.4, 0.5) is 0 Å². The number of thiocarbonyl (C=S) groups is 1. The van der Waals surface area contributed by atoms with Crippen molar-refractivity contribution in [1.29, 1.82) is 0 Å². The molecule has 1 aromatic carbocycles. The van der Waals surface area contributed by atoms with E-state index in [1.807, 2.05) is 19.1 Å². The van der Waals surface area contributed by atoms with Crippen LogP contribution in [0.5, 0.6) is 0 Å². The van der Waals surface area contributed by atoms with Gasteiger partial charge in [-0.1, -0.05) is 42.0 Å². The minimum absolute atomic E-state index is 0.114. The molecule has 0 aromatic heterocycles. The summed E-state index contributed by atoms with van der Waals surface area (Å²) in [5.74, 6) is -0.240. The fourth-order valence-electron chi connectivity index (χ4n) is 2.03. The standard InChI is InChI=1S/C14H21N3O3S2/c1-10-5-7-11(8-6-10)14(13(21)15-2,16-22(19)20)9-12(18)17(3)4/h5-8,16H,9H2,1-4H3,(H,15,21)(H,19,20)/p-1. The van der Waals surface area contributed by atoms with Crippen LogP contribution in [0, 0.1) is 6.92 Å². The Kier molecular flexibility index (Phi) is 6.61. The number of amides is 1. The smallest absolute Gasteiger partial charge is 0.224 e. The number of likely N-dealkylation sites (N-methyl/N-ethyl adjacent to an activating group) is 1. The van der Waals surface area contributed by atoms with Crippen molar-refractivity contribution in [2.75, 3.05) is 21.1 Å². The third-order valence-corrected chi connectivity index (χ3v) is 4.40. The number of carbonyl (C=O) groups is 1. The normalized spacial score (nSPS) is 14.8. The number of nitrogens with zero attached hydrogens (tertiary/aromatic N) is 1. The van der Waals surface area contributed by atoms with E-state index in [1.165, 1.54) is 4.90 Å². The number of benzene rings is 1. The maximum Gasteiger partial charge on any atom is 0.224 e. The lowest BCUT2D eigenvalue weighted by atomic mass is 9.86. The van der Waals surface area contributed by atoms with Gasteiger partial charge in [0, 0.05) is 32.4 Å². The Hall–Kier alpha value is -1.35. The van der Waals surface area contributed by atoms with Gasteiger partial charge in [0.25, 0.3) is 0 Å². The molecule has 0 fully saturated rings. The van der Waals surface area contributed by atoms with Crippen molar-refractivity contribution in [3.63, 3.8) is 0 Å². The van der Waals surface area contributed by atoms with Crippen molar-refractivity contribution in [3.8, 4) is 0 Å². The highest BCUT2D eigenvalue weighted by atomic mass is 32.2. The Morgan fingerprint density at radius 3 is 2.32 bits per heavy atom. The molecule has 0 aliphatic rings. The molecule has 1 rings (SSSR count). The summed E-state index contributed by atoms with van der Waals surface area (Å²) >= 11 is 2.72. The van der Waals surface area contributed by atoms with Crippen LogP contribution in [0.3, 0.4) is 0 Å². The first-order valence-corrected chi connectivity index (χ1v) is 8.08. The van der Waals surface area contributed by atoms with E-state index in [4.69, 9.17) is 12.2 Å². The van der Waals surface area contributed by atoms with Crippen LogP contribution in [0.2, 0.25) is 0 Å². The molecule has 0 saturated carbocycles. The Balaban J connectivity index is 3.43. The zero-order valence-electron chi connectivity index (χ0n) is 13.0. The SMILES string of the molecule is CNC(=S)C(CC(=O)N(C)C)(NS(=O)[O-])c1ccc(C)cc1. The lowest BCUT2D eigenvalue weighted by molar-refractivity contribution is -0.129. The van der Waals surface area contributed by atoms with Gasteiger partial charge in [0.15, 0.2) is 0 Å². The molecule has 22 heavy (non-hydrogen) atoms. The highest BCUT2D eigenvalue weighted by molar-refractivity contribution is 7.80. The summed E-state index contributed by atoms with van der Waals surface area (Å²) in [5.41, 5.74) is 0.318. The molecule has 0 heterocycles. The van der Waals surface area contributed by atoms with Gasteiger partial charge in [-0.15, -0.1) is 0 Å². The Morgan fingerprint density at radius 2 is 1.91 bits per heavy atom. The fourth-order valence-corrected chi connectivity index (χ4v) is 2.92. The summed E-state index contributed by atoms with van der Waals surface area (Å²) < 4.78 is 25.0. The van der Waals surface area contributed by atoms with Crippen molar-refractivity contribution in [2.24, 2.45) is 0 Å². The highest BCUT2D eigenvalue weighted by Gasteiger charge is 2.39. The minimum atomic E-state index is -2.59. The van der Waals surface area contributed by atoms with Gasteiger partial charge in [0.2, 0.25) is 5.91 Å². The fraction of sp³-hybridized carbons (Fsp3) is 0.429. The van der Waals surface area contributed by atoms with E-state index in [0.29, 0.717) is 5.56 Å². The van der Waals surface area contributed by atoms with Crippen LogP contribution < -0.4 is 10.0 Å². The molecule has 2 unspecified atom stereocenters. The molecule has 0 aliphatic carbocycles. The average Bonchev–Trinajstić information content (AvgIpc) is 2.45. The summed E-state index contributed by atoms with van der Waals surface area (Å²) in [6, 6.07) is 7.22. The van der Waals surface area contributed by atoms with Crippen LogP contribution in [0.25, 0.3) is 0 Å². The van der Waals surface area contributed by atoms with Crippen LogP contribution in [-0.2, 0) is 21.6 Å². The lowest BCUT2D eigenvalue weighted by Gasteiger charge is -2.36. The van der Waals surface area contributed by atoms with Crippen LogP contribution in [0.15, 0.2) is 24.3 Å². The second-order valence-electron chi connectivity index (χ2n) is 5.15. The molecule has 0 saturated heterocycles. The first-order valence-electron chi connectivity index (χ1n) is 6.59. The van der Waals surface area contributed by atoms with Crippen LogP contribution in [-0.4, -0.2) is 45.7 Å². The van der Waals surface area contributed by atoms with Gasteiger partial charge in [-0.05, 0) is 12.5 Å². The van der Waals surface area contributed by atoms with Crippen molar-refractivity contribution >= 4 is 34.4 Å². The van der Waals surface area contributed by atoms with Gasteiger partial charge >= 0.3 is 0 Å². The largest absolute Gasteiger partial charge is 0.760 e. The molecule has 0 aliphatic heterocycles. The molecule has 0 radical (unpaired) electrons. The maximum atomic E-state index is 12.2. The molecule has 2 atom stereocenters. The second kappa shape index (κ2) is 7.77. The van der Waals surface area contributed by atoms with E-state index in [0.717, 1.165) is 5.56 Å². The van der Waals surface area contributed by atoms with E-state index in [1.54, 1.807) is 33.3 Å². The second-order valence-corrected chi connectivity index (χ2v) is 6.23. The zero-order valence-corrected chi connectivity index (χ0v) is 14.6. The number of rotatable bonds is 6. The maximum absolute atomic E-state index is 12.2. The first-order chi connectivity index (χ1) is 10.2. The number of nitrogens with one attached hydrogen (secondary N) is 2. The van der Waals surface area contributed by atoms with E-state index >= 15 is 0 Å². The minimum Gasteiger partial charge on any atom is -0.760 e. The predicted octanol–water partition coefficient (Wildman–Crippen LogP) is 0.599. The molecule has 122 valence electrons. The average molecular weight is 342 g/mol. The van der Waals surface area contributed by atoms with Gasteiger partial charge in [0.1, 0.15) is 10.5 Å². The summed E-state index contributed by atoms with van der Waals surface area (Å²) in [5, 5.41) is 2.79. The number of aryl methyl sites for hydroxylation is 1. The molecular weight excluding hydrogens is 322 g/mol. The van der Waals surface area contributed by atoms with Crippen molar-refractivity contribution < 1.29 is 13.6 Å². The molecule has 0 spiro atoms. The third kappa shape index (κ3) is 4.33. The zero-order chi connectivity index (χ0) is 16.9. The number of hydrogen-bond acceptors (Lipinski definition) is 4. The number of hydrogen-bond donors (Lipinski definition) is 2. The van der Waals surface area contributed by atoms with Crippen molar-refractivity contribution in [3.05, 3.63) is 35.4 Å². The first kappa shape index (κ1) is 18.7. The Morgan fingerprint density at radius 1 is 1.36 bits per heavy atom. The summed E-state index contributed by atoms with van der Waals surface area (Å²) in [7, 11) is 4.82. The van der Waals surface area contributed by atoms with E-state index in [2.05, 4.69) is 10.0 Å². The molecule has 2 N–H and O–H groups in total. The Bertz CT molecular complexity index is 575. The molecule has 8 heteroatoms. The van der Waals surface area contributed by atoms with Crippen LogP contribution in [0.1, 0.15) is 17.5 Å². The van der Waals surface area contributed by atoms with E-state index in [-0.39, 0.29) is 17.3 Å². The topological polar surface area (TPSA) is 84.5 Å². The molecule has 0 bridgehead atoms.